The fourth-order valence-electron chi connectivity index (χ4n) is 3.65. The number of nitrogens with one attached hydrogen (secondary N) is 2. The van der Waals surface area contributed by atoms with E-state index in [0.29, 0.717) is 11.1 Å². The molecule has 2 saturated heterocycles. The summed E-state index contributed by atoms with van der Waals surface area (Å²) in [6.07, 6.45) is 2.82. The van der Waals surface area contributed by atoms with Crippen molar-refractivity contribution in [1.29, 1.82) is 0 Å². The Bertz CT molecular complexity index is 647. The summed E-state index contributed by atoms with van der Waals surface area (Å²) in [4.78, 5) is 13.5. The van der Waals surface area contributed by atoms with Crippen LogP contribution in [0.4, 0.5) is 5.82 Å². The van der Waals surface area contributed by atoms with E-state index in [1.807, 2.05) is 19.2 Å². The Labute approximate surface area is 167 Å². The van der Waals surface area contributed by atoms with Crippen LogP contribution in [0.5, 0.6) is 0 Å². The predicted molar refractivity (Wildman–Crippen MR) is 111 cm³/mol. The Kier molecular flexibility index (Phi) is 6.78. The number of guanidine groups is 1. The monoisotopic (exact) mass is 394 g/mol. The van der Waals surface area contributed by atoms with Crippen molar-refractivity contribution in [3.05, 3.63) is 23.4 Å². The number of anilines is 1. The molecule has 2 aliphatic heterocycles. The van der Waals surface area contributed by atoms with Crippen LogP contribution in [-0.2, 0) is 4.74 Å². The first kappa shape index (κ1) is 20.2. The second-order valence-corrected chi connectivity index (χ2v) is 8.13. The van der Waals surface area contributed by atoms with Crippen molar-refractivity contribution in [1.82, 2.24) is 20.5 Å². The lowest BCUT2D eigenvalue weighted by atomic mass is 10.0. The third kappa shape index (κ3) is 5.24. The lowest BCUT2D eigenvalue weighted by Gasteiger charge is -2.41. The van der Waals surface area contributed by atoms with Crippen LogP contribution in [0.3, 0.4) is 0 Å². The highest BCUT2D eigenvalue weighted by atomic mass is 35.5. The lowest BCUT2D eigenvalue weighted by molar-refractivity contribution is -0.00834. The number of ether oxygens (including phenoxy) is 1. The first-order chi connectivity index (χ1) is 13.0. The van der Waals surface area contributed by atoms with E-state index in [1.165, 1.54) is 0 Å². The molecule has 0 radical (unpaired) electrons. The van der Waals surface area contributed by atoms with Gasteiger partial charge in [-0.05, 0) is 32.4 Å². The number of hydrogen-bond donors (Lipinski definition) is 2. The van der Waals surface area contributed by atoms with Crippen molar-refractivity contribution in [3.8, 4) is 0 Å². The molecule has 1 aromatic rings. The first-order valence-corrected chi connectivity index (χ1v) is 10.0. The molecular formula is C19H31ClN6O. The molecule has 2 aliphatic rings. The Hall–Kier alpha value is -1.57. The van der Waals surface area contributed by atoms with Crippen LogP contribution in [0.15, 0.2) is 23.3 Å². The molecule has 150 valence electrons. The fraction of sp³-hybridized carbons (Fsp3) is 0.684. The summed E-state index contributed by atoms with van der Waals surface area (Å²) in [5.74, 6) is 1.70. The van der Waals surface area contributed by atoms with Crippen LogP contribution < -0.4 is 15.5 Å². The number of rotatable bonds is 5. The van der Waals surface area contributed by atoms with Gasteiger partial charge in [-0.2, -0.15) is 0 Å². The minimum Gasteiger partial charge on any atom is -0.379 e. The van der Waals surface area contributed by atoms with Crippen molar-refractivity contribution in [2.45, 2.75) is 31.8 Å². The summed E-state index contributed by atoms with van der Waals surface area (Å²) in [5, 5.41) is 7.74. The highest BCUT2D eigenvalue weighted by molar-refractivity contribution is 6.32. The maximum Gasteiger partial charge on any atom is 0.191 e. The Morgan fingerprint density at radius 3 is 2.85 bits per heavy atom. The standard InChI is InChI=1S/C19H31ClN6O/c1-19(2,26-9-11-27-12-10-26)14-23-18(21-3)24-15-6-8-25(13-15)17-16(20)5-4-7-22-17/h4-5,7,15H,6,8-14H2,1-3H3,(H2,21,23,24). The number of halogens is 1. The molecule has 7 nitrogen and oxygen atoms in total. The summed E-state index contributed by atoms with van der Waals surface area (Å²) < 4.78 is 5.47. The number of morpholine rings is 1. The molecule has 1 unspecified atom stereocenters. The molecule has 3 heterocycles. The zero-order chi connectivity index (χ0) is 19.3. The van der Waals surface area contributed by atoms with Crippen LogP contribution in [0.2, 0.25) is 5.02 Å². The number of nitrogens with zero attached hydrogens (tertiary/aromatic N) is 4. The quantitative estimate of drug-likeness (QED) is 0.584. The van der Waals surface area contributed by atoms with Crippen molar-refractivity contribution >= 4 is 23.4 Å². The lowest BCUT2D eigenvalue weighted by Crippen LogP contribution is -2.57. The number of aromatic nitrogens is 1. The van der Waals surface area contributed by atoms with Crippen molar-refractivity contribution in [2.75, 3.05) is 57.9 Å². The summed E-state index contributed by atoms with van der Waals surface area (Å²) in [6, 6.07) is 4.07. The molecule has 0 aromatic carbocycles. The highest BCUT2D eigenvalue weighted by Gasteiger charge is 2.29. The van der Waals surface area contributed by atoms with Crippen LogP contribution in [0.1, 0.15) is 20.3 Å². The van der Waals surface area contributed by atoms with Gasteiger partial charge < -0.3 is 20.3 Å². The van der Waals surface area contributed by atoms with Crippen LogP contribution >= 0.6 is 11.6 Å². The largest absolute Gasteiger partial charge is 0.379 e. The topological polar surface area (TPSA) is 65.0 Å². The zero-order valence-corrected chi connectivity index (χ0v) is 17.3. The molecule has 2 fully saturated rings. The van der Waals surface area contributed by atoms with Gasteiger partial charge in [-0.1, -0.05) is 11.6 Å². The SMILES string of the molecule is CN=C(NCC(C)(C)N1CCOCC1)NC1CCN(c2ncccc2Cl)C1. The van der Waals surface area contributed by atoms with E-state index in [-0.39, 0.29) is 5.54 Å². The number of aliphatic imine (C=N–C) groups is 1. The molecule has 3 rings (SSSR count). The molecule has 0 aliphatic carbocycles. The third-order valence-corrected chi connectivity index (χ3v) is 5.64. The minimum absolute atomic E-state index is 0.0462. The summed E-state index contributed by atoms with van der Waals surface area (Å²) in [5.41, 5.74) is 0.0462. The van der Waals surface area contributed by atoms with Gasteiger partial charge in [0.2, 0.25) is 0 Å². The van der Waals surface area contributed by atoms with Crippen molar-refractivity contribution in [2.24, 2.45) is 4.99 Å². The van der Waals surface area contributed by atoms with Gasteiger partial charge >= 0.3 is 0 Å². The van der Waals surface area contributed by atoms with Gasteiger partial charge in [0.1, 0.15) is 5.82 Å². The second kappa shape index (κ2) is 9.08. The van der Waals surface area contributed by atoms with E-state index >= 15 is 0 Å². The maximum atomic E-state index is 6.28. The first-order valence-electron chi connectivity index (χ1n) is 9.65. The van der Waals surface area contributed by atoms with Gasteiger partial charge in [0.25, 0.3) is 0 Å². The molecule has 8 heteroatoms. The number of pyridine rings is 1. The van der Waals surface area contributed by atoms with Crippen molar-refractivity contribution in [3.63, 3.8) is 0 Å². The van der Waals surface area contributed by atoms with E-state index in [4.69, 9.17) is 16.3 Å². The average molecular weight is 395 g/mol. The van der Waals surface area contributed by atoms with Gasteiger partial charge in [0, 0.05) is 57.5 Å². The van der Waals surface area contributed by atoms with Gasteiger partial charge in [-0.3, -0.25) is 9.89 Å². The predicted octanol–water partition coefficient (Wildman–Crippen LogP) is 1.59. The molecule has 27 heavy (non-hydrogen) atoms. The smallest absolute Gasteiger partial charge is 0.191 e. The average Bonchev–Trinajstić information content (AvgIpc) is 3.14. The van der Waals surface area contributed by atoms with Crippen LogP contribution in [0.25, 0.3) is 0 Å². The molecule has 1 aromatic heterocycles. The van der Waals surface area contributed by atoms with Gasteiger partial charge in [0.15, 0.2) is 5.96 Å². The van der Waals surface area contributed by atoms with Gasteiger partial charge in [-0.25, -0.2) is 4.98 Å². The van der Waals surface area contributed by atoms with E-state index in [1.54, 1.807) is 6.20 Å². The van der Waals surface area contributed by atoms with Crippen LogP contribution in [-0.4, -0.2) is 80.4 Å². The Morgan fingerprint density at radius 1 is 1.37 bits per heavy atom. The third-order valence-electron chi connectivity index (χ3n) is 5.35. The normalized spacial score (nSPS) is 22.1. The Morgan fingerprint density at radius 2 is 2.15 bits per heavy atom. The van der Waals surface area contributed by atoms with Crippen LogP contribution in [0, 0.1) is 0 Å². The second-order valence-electron chi connectivity index (χ2n) is 7.72. The summed E-state index contributed by atoms with van der Waals surface area (Å²) in [6.45, 7) is 10.7. The minimum atomic E-state index is 0.0462. The van der Waals surface area contributed by atoms with E-state index in [2.05, 4.69) is 44.3 Å². The summed E-state index contributed by atoms with van der Waals surface area (Å²) >= 11 is 6.28. The molecule has 1 atom stereocenters. The molecule has 0 spiro atoms. The van der Waals surface area contributed by atoms with E-state index in [9.17, 15) is 0 Å². The molecule has 0 saturated carbocycles. The van der Waals surface area contributed by atoms with Crippen molar-refractivity contribution < 1.29 is 4.74 Å². The zero-order valence-electron chi connectivity index (χ0n) is 16.5. The summed E-state index contributed by atoms with van der Waals surface area (Å²) in [7, 11) is 1.82. The number of hydrogen-bond acceptors (Lipinski definition) is 5. The molecule has 0 amide bonds. The Balaban J connectivity index is 1.50. The molecule has 0 bridgehead atoms. The van der Waals surface area contributed by atoms with E-state index < -0.39 is 0 Å². The highest BCUT2D eigenvalue weighted by Crippen LogP contribution is 2.25. The van der Waals surface area contributed by atoms with Gasteiger partial charge in [-0.15, -0.1) is 0 Å². The fourth-order valence-corrected chi connectivity index (χ4v) is 3.89. The van der Waals surface area contributed by atoms with Gasteiger partial charge in [0.05, 0.1) is 18.2 Å². The molecular weight excluding hydrogens is 364 g/mol. The maximum absolute atomic E-state index is 6.28. The van der Waals surface area contributed by atoms with E-state index in [0.717, 1.165) is 64.1 Å². The molecule has 2 N–H and O–H groups in total.